The minimum absolute atomic E-state index is 0.137. The summed E-state index contributed by atoms with van der Waals surface area (Å²) in [6, 6.07) is 23.1. The summed E-state index contributed by atoms with van der Waals surface area (Å²) in [5.74, 6) is -0.402. The molecule has 0 unspecified atom stereocenters. The summed E-state index contributed by atoms with van der Waals surface area (Å²) in [4.78, 5) is 26.8. The van der Waals surface area contributed by atoms with Crippen LogP contribution in [0.5, 0.6) is 5.75 Å². The van der Waals surface area contributed by atoms with Crippen molar-refractivity contribution < 1.29 is 19.4 Å². The topological polar surface area (TPSA) is 66.8 Å². The monoisotopic (exact) mass is 411 g/mol. The Bertz CT molecular complexity index is 1160. The summed E-state index contributed by atoms with van der Waals surface area (Å²) in [5.41, 5.74) is 4.12. The van der Waals surface area contributed by atoms with Crippen molar-refractivity contribution in [1.29, 1.82) is 0 Å². The van der Waals surface area contributed by atoms with Crippen LogP contribution in [-0.2, 0) is 9.53 Å². The van der Waals surface area contributed by atoms with Crippen molar-refractivity contribution in [2.24, 2.45) is 0 Å². The number of ether oxygens (including phenoxy) is 1. The molecule has 1 aliphatic rings. The lowest BCUT2D eigenvalue weighted by Gasteiger charge is -2.20. The number of benzene rings is 3. The van der Waals surface area contributed by atoms with Gasteiger partial charge < -0.3 is 9.84 Å². The van der Waals surface area contributed by atoms with E-state index in [9.17, 15) is 14.7 Å². The zero-order valence-electron chi connectivity index (χ0n) is 17.0. The first-order chi connectivity index (χ1) is 15.1. The van der Waals surface area contributed by atoms with Crippen molar-refractivity contribution >= 4 is 29.3 Å². The fraction of sp³-hybridized carbons (Fsp3) is 0.0769. The highest BCUT2D eigenvalue weighted by Gasteiger charge is 2.30. The van der Waals surface area contributed by atoms with Crippen molar-refractivity contribution in [1.82, 2.24) is 0 Å². The van der Waals surface area contributed by atoms with Crippen LogP contribution in [-0.4, -0.2) is 23.6 Å². The van der Waals surface area contributed by atoms with Crippen LogP contribution < -0.4 is 4.90 Å². The van der Waals surface area contributed by atoms with Crippen molar-refractivity contribution in [2.45, 2.75) is 6.92 Å². The Kier molecular flexibility index (Phi) is 5.67. The summed E-state index contributed by atoms with van der Waals surface area (Å²) in [6.45, 7) is 2.08. The maximum absolute atomic E-state index is 13.3. The van der Waals surface area contributed by atoms with Crippen molar-refractivity contribution in [3.63, 3.8) is 0 Å². The van der Waals surface area contributed by atoms with E-state index in [1.165, 1.54) is 0 Å². The quantitative estimate of drug-likeness (QED) is 0.472. The van der Waals surface area contributed by atoms with Gasteiger partial charge in [-0.2, -0.15) is 0 Å². The number of hydrogen-bond donors (Lipinski definition) is 1. The van der Waals surface area contributed by atoms with E-state index < -0.39 is 0 Å². The molecular formula is C26H21NO4. The molecule has 5 nitrogen and oxygen atoms in total. The Morgan fingerprint density at radius 2 is 1.65 bits per heavy atom. The van der Waals surface area contributed by atoms with Crippen LogP contribution in [0.15, 0.2) is 90.5 Å². The van der Waals surface area contributed by atoms with E-state index in [2.05, 4.69) is 0 Å². The third kappa shape index (κ3) is 4.26. The number of amides is 1. The number of anilines is 1. The van der Waals surface area contributed by atoms with Gasteiger partial charge in [0, 0.05) is 11.3 Å². The first kappa shape index (κ1) is 20.2. The second kappa shape index (κ2) is 8.71. The van der Waals surface area contributed by atoms with Gasteiger partial charge in [0.1, 0.15) is 5.75 Å². The molecule has 0 saturated heterocycles. The number of carbonyl (C=O) groups is 2. The van der Waals surface area contributed by atoms with E-state index in [1.807, 2.05) is 36.4 Å². The highest BCUT2D eigenvalue weighted by Crippen LogP contribution is 2.35. The van der Waals surface area contributed by atoms with Gasteiger partial charge in [-0.05, 0) is 66.6 Å². The third-order valence-electron chi connectivity index (χ3n) is 4.90. The molecule has 0 aromatic heterocycles. The molecule has 1 N–H and O–H groups in total. The van der Waals surface area contributed by atoms with Gasteiger partial charge in [-0.25, -0.2) is 4.79 Å². The molecule has 1 aliphatic heterocycles. The molecule has 0 atom stereocenters. The van der Waals surface area contributed by atoms with Gasteiger partial charge in [0.15, 0.2) is 0 Å². The van der Waals surface area contributed by atoms with Gasteiger partial charge in [-0.1, -0.05) is 42.5 Å². The van der Waals surface area contributed by atoms with Crippen molar-refractivity contribution in [2.75, 3.05) is 11.5 Å². The molecule has 0 bridgehead atoms. The van der Waals surface area contributed by atoms with Gasteiger partial charge in [0.25, 0.3) is 5.91 Å². The molecule has 5 heteroatoms. The van der Waals surface area contributed by atoms with Crippen LogP contribution in [0.3, 0.4) is 0 Å². The predicted molar refractivity (Wildman–Crippen MR) is 120 cm³/mol. The standard InChI is InChI=1S/C26H21NO4/c1-2-31-26(30)20-10-8-18(9-11-20)16-21-17-24(19-6-4-3-5-7-19)27(25(21)29)22-12-14-23(28)15-13-22/h3-17,28H,2H2,1H3/b21-16-. The van der Waals surface area contributed by atoms with E-state index in [1.54, 1.807) is 66.4 Å². The summed E-state index contributed by atoms with van der Waals surface area (Å²) in [5, 5.41) is 9.63. The highest BCUT2D eigenvalue weighted by atomic mass is 16.5. The molecule has 3 aromatic rings. The molecular weight excluding hydrogens is 390 g/mol. The first-order valence-electron chi connectivity index (χ1n) is 9.96. The molecule has 0 saturated carbocycles. The van der Waals surface area contributed by atoms with Gasteiger partial charge in [-0.15, -0.1) is 0 Å². The van der Waals surface area contributed by atoms with Gasteiger partial charge in [0.2, 0.25) is 0 Å². The SMILES string of the molecule is CCOC(=O)c1ccc(/C=C2/C=C(c3ccccc3)N(c3ccc(O)cc3)C2=O)cc1. The van der Waals surface area contributed by atoms with Crippen LogP contribution in [0.2, 0.25) is 0 Å². The fourth-order valence-corrected chi connectivity index (χ4v) is 3.40. The maximum atomic E-state index is 13.3. The van der Waals surface area contributed by atoms with E-state index >= 15 is 0 Å². The Morgan fingerprint density at radius 1 is 0.968 bits per heavy atom. The number of phenols is 1. The van der Waals surface area contributed by atoms with E-state index in [4.69, 9.17) is 4.74 Å². The molecule has 31 heavy (non-hydrogen) atoms. The van der Waals surface area contributed by atoms with E-state index in [-0.39, 0.29) is 17.6 Å². The fourth-order valence-electron chi connectivity index (χ4n) is 3.40. The van der Waals surface area contributed by atoms with E-state index in [0.29, 0.717) is 23.4 Å². The Morgan fingerprint density at radius 3 is 2.29 bits per heavy atom. The number of aromatic hydroxyl groups is 1. The number of carbonyl (C=O) groups excluding carboxylic acids is 2. The van der Waals surface area contributed by atoms with Crippen molar-refractivity contribution in [3.8, 4) is 5.75 Å². The molecule has 1 amide bonds. The molecule has 0 fully saturated rings. The van der Waals surface area contributed by atoms with Crippen LogP contribution in [0.1, 0.15) is 28.4 Å². The number of hydrogen-bond acceptors (Lipinski definition) is 4. The Labute approximate surface area is 180 Å². The van der Waals surface area contributed by atoms with Gasteiger partial charge in [-0.3, -0.25) is 9.69 Å². The maximum Gasteiger partial charge on any atom is 0.338 e. The summed E-state index contributed by atoms with van der Waals surface area (Å²) < 4.78 is 5.01. The zero-order valence-corrected chi connectivity index (χ0v) is 17.0. The highest BCUT2D eigenvalue weighted by molar-refractivity contribution is 6.23. The lowest BCUT2D eigenvalue weighted by atomic mass is 10.1. The molecule has 154 valence electrons. The summed E-state index contributed by atoms with van der Waals surface area (Å²) >= 11 is 0. The normalized spacial score (nSPS) is 14.6. The second-order valence-electron chi connectivity index (χ2n) is 6.99. The minimum atomic E-state index is -0.372. The van der Waals surface area contributed by atoms with Crippen molar-refractivity contribution in [3.05, 3.63) is 107 Å². The van der Waals surface area contributed by atoms with Gasteiger partial charge in [0.05, 0.1) is 17.9 Å². The number of nitrogens with zero attached hydrogens (tertiary/aromatic N) is 1. The average molecular weight is 411 g/mol. The Balaban J connectivity index is 1.71. The largest absolute Gasteiger partial charge is 0.508 e. The lowest BCUT2D eigenvalue weighted by Crippen LogP contribution is -2.24. The number of esters is 1. The van der Waals surface area contributed by atoms with Gasteiger partial charge >= 0.3 is 5.97 Å². The average Bonchev–Trinajstić information content (AvgIpc) is 3.11. The predicted octanol–water partition coefficient (Wildman–Crippen LogP) is 5.04. The lowest BCUT2D eigenvalue weighted by molar-refractivity contribution is -0.113. The molecule has 0 aliphatic carbocycles. The number of phenolic OH excluding ortho intramolecular Hbond substituents is 1. The minimum Gasteiger partial charge on any atom is -0.508 e. The molecule has 1 heterocycles. The number of rotatable bonds is 5. The molecule has 0 radical (unpaired) electrons. The van der Waals surface area contributed by atoms with Crippen LogP contribution >= 0.6 is 0 Å². The molecule has 4 rings (SSSR count). The smallest absolute Gasteiger partial charge is 0.338 e. The van der Waals surface area contributed by atoms with E-state index in [0.717, 1.165) is 16.8 Å². The Hall–Kier alpha value is -4.12. The summed E-state index contributed by atoms with van der Waals surface area (Å²) in [6.07, 6.45) is 3.64. The van der Waals surface area contributed by atoms with Crippen LogP contribution in [0.4, 0.5) is 5.69 Å². The first-order valence-corrected chi connectivity index (χ1v) is 9.96. The second-order valence-corrected chi connectivity index (χ2v) is 6.99. The van der Waals surface area contributed by atoms with Crippen LogP contribution in [0.25, 0.3) is 11.8 Å². The zero-order chi connectivity index (χ0) is 21.8. The summed E-state index contributed by atoms with van der Waals surface area (Å²) in [7, 11) is 0. The molecule has 0 spiro atoms. The molecule has 3 aromatic carbocycles. The van der Waals surface area contributed by atoms with Crippen LogP contribution in [0, 0.1) is 0 Å². The third-order valence-corrected chi connectivity index (χ3v) is 4.90.